The quantitative estimate of drug-likeness (QED) is 0.701. The number of aromatic nitrogens is 1. The van der Waals surface area contributed by atoms with Gasteiger partial charge in [0.1, 0.15) is 11.5 Å². The first-order valence-corrected chi connectivity index (χ1v) is 8.00. The van der Waals surface area contributed by atoms with Gasteiger partial charge in [-0.25, -0.2) is 0 Å². The van der Waals surface area contributed by atoms with Crippen LogP contribution in [0.1, 0.15) is 10.4 Å². The summed E-state index contributed by atoms with van der Waals surface area (Å²) in [5.41, 5.74) is 2.60. The van der Waals surface area contributed by atoms with Crippen molar-refractivity contribution in [2.24, 2.45) is 0 Å². The first-order chi connectivity index (χ1) is 12.7. The van der Waals surface area contributed by atoms with Crippen LogP contribution in [0.5, 0.6) is 11.5 Å². The highest BCUT2D eigenvalue weighted by Gasteiger charge is 2.10. The van der Waals surface area contributed by atoms with Gasteiger partial charge in [0, 0.05) is 18.0 Å². The number of pyridine rings is 1. The summed E-state index contributed by atoms with van der Waals surface area (Å²) in [6, 6.07) is 16.5. The van der Waals surface area contributed by atoms with Crippen LogP contribution in [0, 0.1) is 0 Å². The van der Waals surface area contributed by atoms with Crippen molar-refractivity contribution in [3.05, 3.63) is 72.6 Å². The smallest absolute Gasteiger partial charge is 0.257 e. The van der Waals surface area contributed by atoms with E-state index in [4.69, 9.17) is 9.47 Å². The molecule has 132 valence electrons. The van der Waals surface area contributed by atoms with Gasteiger partial charge in [0.15, 0.2) is 0 Å². The van der Waals surface area contributed by atoms with E-state index >= 15 is 0 Å². The molecule has 0 unspecified atom stereocenters. The van der Waals surface area contributed by atoms with Crippen LogP contribution in [0.25, 0.3) is 0 Å². The molecule has 0 atom stereocenters. The highest BCUT2D eigenvalue weighted by molar-refractivity contribution is 6.04. The van der Waals surface area contributed by atoms with Crippen LogP contribution in [0.15, 0.2) is 67.0 Å². The van der Waals surface area contributed by atoms with Crippen molar-refractivity contribution < 1.29 is 14.3 Å². The number of hydrogen-bond acceptors (Lipinski definition) is 5. The van der Waals surface area contributed by atoms with Crippen LogP contribution in [0.2, 0.25) is 0 Å². The summed E-state index contributed by atoms with van der Waals surface area (Å²) in [6.45, 7) is 0. The molecule has 1 amide bonds. The Hall–Kier alpha value is -3.54. The lowest BCUT2D eigenvalue weighted by atomic mass is 10.2. The summed E-state index contributed by atoms with van der Waals surface area (Å²) in [4.78, 5) is 16.5. The van der Waals surface area contributed by atoms with Gasteiger partial charge in [-0.1, -0.05) is 18.2 Å². The van der Waals surface area contributed by atoms with E-state index in [0.717, 1.165) is 11.4 Å². The van der Waals surface area contributed by atoms with Crippen molar-refractivity contribution in [1.29, 1.82) is 0 Å². The third-order valence-electron chi connectivity index (χ3n) is 3.72. The molecule has 0 fully saturated rings. The third-order valence-corrected chi connectivity index (χ3v) is 3.72. The lowest BCUT2D eigenvalue weighted by Crippen LogP contribution is -2.12. The summed E-state index contributed by atoms with van der Waals surface area (Å²) < 4.78 is 10.6. The largest absolute Gasteiger partial charge is 0.497 e. The summed E-state index contributed by atoms with van der Waals surface area (Å²) in [6.07, 6.45) is 3.16. The summed E-state index contributed by atoms with van der Waals surface area (Å²) >= 11 is 0. The van der Waals surface area contributed by atoms with E-state index in [2.05, 4.69) is 15.6 Å². The van der Waals surface area contributed by atoms with E-state index in [9.17, 15) is 4.79 Å². The van der Waals surface area contributed by atoms with Crippen LogP contribution in [0.4, 0.5) is 17.1 Å². The van der Waals surface area contributed by atoms with E-state index in [1.165, 1.54) is 6.20 Å². The van der Waals surface area contributed by atoms with Crippen molar-refractivity contribution in [3.63, 3.8) is 0 Å². The fraction of sp³-hybridized carbons (Fsp3) is 0.100. The predicted molar refractivity (Wildman–Crippen MR) is 101 cm³/mol. The number of carbonyl (C=O) groups is 1. The zero-order valence-corrected chi connectivity index (χ0v) is 14.5. The van der Waals surface area contributed by atoms with Crippen LogP contribution in [-0.4, -0.2) is 25.1 Å². The highest BCUT2D eigenvalue weighted by atomic mass is 16.5. The number of methoxy groups -OCH3 is 2. The molecule has 0 saturated heterocycles. The maximum absolute atomic E-state index is 12.4. The van der Waals surface area contributed by atoms with Gasteiger partial charge in [0.2, 0.25) is 0 Å². The van der Waals surface area contributed by atoms with Gasteiger partial charge in [0.05, 0.1) is 37.4 Å². The third kappa shape index (κ3) is 4.10. The Bertz CT molecular complexity index is 898. The zero-order chi connectivity index (χ0) is 18.4. The highest BCUT2D eigenvalue weighted by Crippen LogP contribution is 2.31. The molecule has 2 aromatic carbocycles. The fourth-order valence-corrected chi connectivity index (χ4v) is 2.41. The Labute approximate surface area is 151 Å². The van der Waals surface area contributed by atoms with Crippen LogP contribution < -0.4 is 20.1 Å². The molecule has 0 aliphatic carbocycles. The number of nitrogens with zero attached hydrogens (tertiary/aromatic N) is 1. The van der Waals surface area contributed by atoms with Gasteiger partial charge in [0.25, 0.3) is 5.91 Å². The number of anilines is 3. The molecule has 6 heteroatoms. The second-order valence-corrected chi connectivity index (χ2v) is 5.47. The Balaban J connectivity index is 1.78. The second kappa shape index (κ2) is 8.02. The number of amides is 1. The number of para-hydroxylation sites is 1. The number of ether oxygens (including phenoxy) is 2. The van der Waals surface area contributed by atoms with E-state index in [-0.39, 0.29) is 5.91 Å². The summed E-state index contributed by atoms with van der Waals surface area (Å²) in [5, 5.41) is 6.05. The summed E-state index contributed by atoms with van der Waals surface area (Å²) in [5.74, 6) is 1.10. The molecule has 0 bridgehead atoms. The normalized spacial score (nSPS) is 10.1. The molecule has 0 spiro atoms. The number of carbonyl (C=O) groups excluding carboxylic acids is 1. The SMILES string of the molecule is COc1ccc(Nc2cncc(C(=O)Nc3ccccc3)c2)c(OC)c1. The molecule has 0 saturated carbocycles. The maximum atomic E-state index is 12.4. The molecule has 0 aliphatic rings. The molecule has 0 radical (unpaired) electrons. The first kappa shape index (κ1) is 17.3. The van der Waals surface area contributed by atoms with Gasteiger partial charge >= 0.3 is 0 Å². The van der Waals surface area contributed by atoms with Gasteiger partial charge in [-0.3, -0.25) is 9.78 Å². The molecule has 3 rings (SSSR count). The van der Waals surface area contributed by atoms with Gasteiger partial charge in [-0.05, 0) is 30.3 Å². The predicted octanol–water partition coefficient (Wildman–Crippen LogP) is 4.09. The minimum absolute atomic E-state index is 0.228. The van der Waals surface area contributed by atoms with E-state index in [1.54, 1.807) is 32.5 Å². The zero-order valence-electron chi connectivity index (χ0n) is 14.5. The molecule has 26 heavy (non-hydrogen) atoms. The fourth-order valence-electron chi connectivity index (χ4n) is 2.41. The van der Waals surface area contributed by atoms with Crippen LogP contribution in [-0.2, 0) is 0 Å². The molecule has 1 heterocycles. The monoisotopic (exact) mass is 349 g/mol. The second-order valence-electron chi connectivity index (χ2n) is 5.47. The Kier molecular flexibility index (Phi) is 5.34. The van der Waals surface area contributed by atoms with Crippen molar-refractivity contribution in [1.82, 2.24) is 4.98 Å². The van der Waals surface area contributed by atoms with Gasteiger partial charge < -0.3 is 20.1 Å². The molecule has 3 aromatic rings. The molecule has 6 nitrogen and oxygen atoms in total. The molecule has 2 N–H and O–H groups in total. The van der Waals surface area contributed by atoms with E-state index < -0.39 is 0 Å². The lowest BCUT2D eigenvalue weighted by molar-refractivity contribution is 0.102. The number of benzene rings is 2. The maximum Gasteiger partial charge on any atom is 0.257 e. The minimum Gasteiger partial charge on any atom is -0.497 e. The average Bonchev–Trinajstić information content (AvgIpc) is 2.69. The number of nitrogens with one attached hydrogen (secondary N) is 2. The molecular weight excluding hydrogens is 330 g/mol. The average molecular weight is 349 g/mol. The van der Waals surface area contributed by atoms with Crippen LogP contribution >= 0.6 is 0 Å². The number of hydrogen-bond donors (Lipinski definition) is 2. The van der Waals surface area contributed by atoms with Crippen LogP contribution in [0.3, 0.4) is 0 Å². The Morgan fingerprint density at radius 3 is 2.46 bits per heavy atom. The number of rotatable bonds is 6. The van der Waals surface area contributed by atoms with Crippen molar-refractivity contribution in [2.75, 3.05) is 24.9 Å². The summed E-state index contributed by atoms with van der Waals surface area (Å²) in [7, 11) is 3.18. The van der Waals surface area contributed by atoms with E-state index in [0.29, 0.717) is 22.7 Å². The lowest BCUT2D eigenvalue weighted by Gasteiger charge is -2.13. The van der Waals surface area contributed by atoms with Gasteiger partial charge in [-0.2, -0.15) is 0 Å². The van der Waals surface area contributed by atoms with Crippen molar-refractivity contribution >= 4 is 23.0 Å². The van der Waals surface area contributed by atoms with Gasteiger partial charge in [-0.15, -0.1) is 0 Å². The minimum atomic E-state index is -0.228. The standard InChI is InChI=1S/C20H19N3O3/c1-25-17-8-9-18(19(11-17)26-2)22-16-10-14(12-21-13-16)20(24)23-15-6-4-3-5-7-15/h3-13,22H,1-2H3,(H,23,24). The Morgan fingerprint density at radius 1 is 0.923 bits per heavy atom. The molecule has 0 aliphatic heterocycles. The first-order valence-electron chi connectivity index (χ1n) is 8.00. The Morgan fingerprint density at radius 2 is 1.73 bits per heavy atom. The van der Waals surface area contributed by atoms with Crippen molar-refractivity contribution in [2.45, 2.75) is 0 Å². The van der Waals surface area contributed by atoms with Crippen molar-refractivity contribution in [3.8, 4) is 11.5 Å². The van der Waals surface area contributed by atoms with E-state index in [1.807, 2.05) is 42.5 Å². The topological polar surface area (TPSA) is 72.5 Å². The molecule has 1 aromatic heterocycles. The molecular formula is C20H19N3O3.